The van der Waals surface area contributed by atoms with Crippen LogP contribution in [0.3, 0.4) is 0 Å². The number of methoxy groups -OCH3 is 2. The Bertz CT molecular complexity index is 1230. The van der Waals surface area contributed by atoms with Gasteiger partial charge in [0.15, 0.2) is 5.11 Å². The molecule has 1 amide bonds. The SMILES string of the molecule is COCC(=O)Nc1cc(N2C(=S)N[C@H](c3ccccn3)[C@H]2c2ccn(C3CCCC3)c2)ccc1OC. The number of anilines is 2. The number of nitrogens with zero attached hydrogens (tertiary/aromatic N) is 3. The number of ether oxygens (including phenoxy) is 2. The standard InChI is InChI=1S/C27H31N5O3S/c1-34-17-24(33)29-22-15-20(10-11-23(22)35-2)32-26(18-12-14-31(16-18)19-7-3-4-8-19)25(30-27(32)36)21-9-5-6-13-28-21/h5-6,9-16,19,25-26H,3-4,7-8,17H2,1-2H3,(H,29,33)(H,30,36)/t25-,26-/m1/s1. The van der Waals surface area contributed by atoms with Crippen LogP contribution < -0.4 is 20.3 Å². The first-order valence-electron chi connectivity index (χ1n) is 12.2. The minimum Gasteiger partial charge on any atom is -0.495 e. The highest BCUT2D eigenvalue weighted by Gasteiger charge is 2.41. The quantitative estimate of drug-likeness (QED) is 0.427. The summed E-state index contributed by atoms with van der Waals surface area (Å²) in [5.74, 6) is 0.304. The summed E-state index contributed by atoms with van der Waals surface area (Å²) in [5, 5.41) is 6.99. The molecule has 2 aliphatic rings. The number of nitrogens with one attached hydrogen (secondary N) is 2. The average Bonchev–Trinajstić information content (AvgIpc) is 3.64. The minimum absolute atomic E-state index is 0.0455. The van der Waals surface area contributed by atoms with Crippen molar-refractivity contribution in [2.45, 2.75) is 43.8 Å². The van der Waals surface area contributed by atoms with Gasteiger partial charge in [0.05, 0.1) is 30.6 Å². The van der Waals surface area contributed by atoms with Crippen LogP contribution >= 0.6 is 12.2 Å². The van der Waals surface area contributed by atoms with E-state index in [1.54, 1.807) is 13.3 Å². The molecule has 188 valence electrons. The van der Waals surface area contributed by atoms with Crippen LogP contribution in [0.1, 0.15) is 55.1 Å². The third-order valence-corrected chi connectivity index (χ3v) is 7.25. The fraction of sp³-hybridized carbons (Fsp3) is 0.370. The molecule has 36 heavy (non-hydrogen) atoms. The van der Waals surface area contributed by atoms with E-state index < -0.39 is 0 Å². The summed E-state index contributed by atoms with van der Waals surface area (Å²) < 4.78 is 12.8. The Kier molecular flexibility index (Phi) is 7.20. The maximum atomic E-state index is 12.3. The van der Waals surface area contributed by atoms with Gasteiger partial charge < -0.3 is 29.6 Å². The van der Waals surface area contributed by atoms with E-state index >= 15 is 0 Å². The van der Waals surface area contributed by atoms with Gasteiger partial charge >= 0.3 is 0 Å². The molecule has 3 aromatic rings. The largest absolute Gasteiger partial charge is 0.495 e. The third kappa shape index (κ3) is 4.81. The second-order valence-electron chi connectivity index (χ2n) is 9.19. The van der Waals surface area contributed by atoms with Crippen LogP contribution in [0.2, 0.25) is 0 Å². The van der Waals surface area contributed by atoms with Gasteiger partial charge in [0.1, 0.15) is 12.4 Å². The van der Waals surface area contributed by atoms with E-state index in [9.17, 15) is 4.79 Å². The predicted octanol–water partition coefficient (Wildman–Crippen LogP) is 4.77. The number of thiocarbonyl (C=S) groups is 1. The molecule has 2 aromatic heterocycles. The maximum absolute atomic E-state index is 12.3. The first kappa shape index (κ1) is 24.3. The van der Waals surface area contributed by atoms with Crippen LogP contribution in [-0.2, 0) is 9.53 Å². The van der Waals surface area contributed by atoms with Crippen LogP contribution in [0, 0.1) is 0 Å². The Morgan fingerprint density at radius 1 is 1.19 bits per heavy atom. The van der Waals surface area contributed by atoms with Gasteiger partial charge in [-0.05, 0) is 67.0 Å². The van der Waals surface area contributed by atoms with Crippen LogP contribution in [0.5, 0.6) is 5.75 Å². The normalized spacial score (nSPS) is 19.9. The molecule has 3 heterocycles. The first-order chi connectivity index (χ1) is 17.6. The number of amides is 1. The van der Waals surface area contributed by atoms with Crippen molar-refractivity contribution in [1.29, 1.82) is 0 Å². The van der Waals surface area contributed by atoms with E-state index in [0.29, 0.717) is 22.6 Å². The second-order valence-corrected chi connectivity index (χ2v) is 9.58. The molecule has 0 unspecified atom stereocenters. The number of benzene rings is 1. The van der Waals surface area contributed by atoms with Crippen LogP contribution in [-0.4, -0.2) is 41.4 Å². The number of hydrogen-bond acceptors (Lipinski definition) is 5. The Balaban J connectivity index is 1.55. The van der Waals surface area contributed by atoms with E-state index in [4.69, 9.17) is 21.7 Å². The topological polar surface area (TPSA) is 80.7 Å². The molecular formula is C27H31N5O3S. The molecule has 1 aliphatic carbocycles. The van der Waals surface area contributed by atoms with E-state index in [1.165, 1.54) is 32.8 Å². The number of carbonyl (C=O) groups is 1. The van der Waals surface area contributed by atoms with E-state index in [2.05, 4.69) is 43.5 Å². The van der Waals surface area contributed by atoms with Crippen molar-refractivity contribution >= 4 is 34.6 Å². The van der Waals surface area contributed by atoms with Crippen molar-refractivity contribution in [3.8, 4) is 5.75 Å². The van der Waals surface area contributed by atoms with Crippen LogP contribution in [0.15, 0.2) is 61.1 Å². The Labute approximate surface area is 216 Å². The van der Waals surface area contributed by atoms with Gasteiger partial charge in [0.2, 0.25) is 5.91 Å². The summed E-state index contributed by atoms with van der Waals surface area (Å²) in [4.78, 5) is 19.0. The fourth-order valence-corrected chi connectivity index (χ4v) is 5.61. The number of rotatable bonds is 8. The summed E-state index contributed by atoms with van der Waals surface area (Å²) in [7, 11) is 3.07. The van der Waals surface area contributed by atoms with Crippen molar-refractivity contribution in [2.75, 3.05) is 31.0 Å². The molecule has 1 saturated heterocycles. The zero-order valence-electron chi connectivity index (χ0n) is 20.5. The van der Waals surface area contributed by atoms with Crippen LogP contribution in [0.4, 0.5) is 11.4 Å². The van der Waals surface area contributed by atoms with Gasteiger partial charge in [-0.3, -0.25) is 9.78 Å². The monoisotopic (exact) mass is 505 g/mol. The lowest BCUT2D eigenvalue weighted by atomic mass is 9.98. The lowest BCUT2D eigenvalue weighted by Gasteiger charge is -2.28. The van der Waals surface area contributed by atoms with Crippen LogP contribution in [0.25, 0.3) is 0 Å². The number of aromatic nitrogens is 2. The molecule has 0 bridgehead atoms. The fourth-order valence-electron chi connectivity index (χ4n) is 5.27. The molecule has 9 heteroatoms. The Hall–Kier alpha value is -3.43. The Morgan fingerprint density at radius 2 is 2.03 bits per heavy atom. The van der Waals surface area contributed by atoms with Gasteiger partial charge in [0.25, 0.3) is 0 Å². The van der Waals surface area contributed by atoms with Crippen molar-refractivity contribution in [2.24, 2.45) is 0 Å². The van der Waals surface area contributed by atoms with Crippen molar-refractivity contribution < 1.29 is 14.3 Å². The number of carbonyl (C=O) groups excluding carboxylic acids is 1. The van der Waals surface area contributed by atoms with Gasteiger partial charge in [0, 0.05) is 37.4 Å². The second kappa shape index (κ2) is 10.7. The molecule has 2 N–H and O–H groups in total. The van der Waals surface area contributed by atoms with Crippen molar-refractivity contribution in [3.63, 3.8) is 0 Å². The van der Waals surface area contributed by atoms with Crippen molar-refractivity contribution in [3.05, 3.63) is 72.3 Å². The third-order valence-electron chi connectivity index (χ3n) is 6.93. The molecule has 5 rings (SSSR count). The maximum Gasteiger partial charge on any atom is 0.250 e. The summed E-state index contributed by atoms with van der Waals surface area (Å²) in [6, 6.07) is 14.1. The van der Waals surface area contributed by atoms with Gasteiger partial charge in [-0.15, -0.1) is 0 Å². The van der Waals surface area contributed by atoms with E-state index in [-0.39, 0.29) is 24.6 Å². The lowest BCUT2D eigenvalue weighted by Crippen LogP contribution is -2.29. The number of hydrogen-bond donors (Lipinski definition) is 2. The molecule has 1 aliphatic heterocycles. The van der Waals surface area contributed by atoms with Crippen molar-refractivity contribution in [1.82, 2.24) is 14.9 Å². The molecule has 8 nitrogen and oxygen atoms in total. The molecule has 2 fully saturated rings. The smallest absolute Gasteiger partial charge is 0.250 e. The molecular weight excluding hydrogens is 474 g/mol. The molecule has 0 radical (unpaired) electrons. The average molecular weight is 506 g/mol. The zero-order chi connectivity index (χ0) is 25.1. The minimum atomic E-state index is -0.258. The predicted molar refractivity (Wildman–Crippen MR) is 143 cm³/mol. The highest BCUT2D eigenvalue weighted by atomic mass is 32.1. The molecule has 2 atom stereocenters. The molecule has 0 spiro atoms. The summed E-state index contributed by atoms with van der Waals surface area (Å²) in [6.07, 6.45) is 11.2. The highest BCUT2D eigenvalue weighted by molar-refractivity contribution is 7.80. The number of pyridine rings is 1. The van der Waals surface area contributed by atoms with E-state index in [0.717, 1.165) is 16.9 Å². The van der Waals surface area contributed by atoms with Gasteiger partial charge in [-0.25, -0.2) is 0 Å². The summed E-state index contributed by atoms with van der Waals surface area (Å²) in [5.41, 5.74) is 3.48. The molecule has 1 saturated carbocycles. The zero-order valence-corrected chi connectivity index (χ0v) is 21.3. The summed E-state index contributed by atoms with van der Waals surface area (Å²) in [6.45, 7) is -0.0455. The van der Waals surface area contributed by atoms with Gasteiger partial charge in [-0.1, -0.05) is 18.9 Å². The Morgan fingerprint density at radius 3 is 2.75 bits per heavy atom. The highest BCUT2D eigenvalue weighted by Crippen LogP contribution is 2.44. The lowest BCUT2D eigenvalue weighted by molar-refractivity contribution is -0.119. The van der Waals surface area contributed by atoms with E-state index in [1.807, 2.05) is 36.4 Å². The molecule has 1 aromatic carbocycles. The summed E-state index contributed by atoms with van der Waals surface area (Å²) >= 11 is 5.87. The van der Waals surface area contributed by atoms with Gasteiger partial charge in [-0.2, -0.15) is 0 Å². The first-order valence-corrected chi connectivity index (χ1v) is 12.6.